The molecule has 5 rings (SSSR count). The van der Waals surface area contributed by atoms with E-state index in [0.29, 0.717) is 24.7 Å². The van der Waals surface area contributed by atoms with E-state index in [4.69, 9.17) is 9.47 Å². The molecule has 0 aromatic heterocycles. The fourth-order valence-corrected chi connectivity index (χ4v) is 7.53. The van der Waals surface area contributed by atoms with Gasteiger partial charge >= 0.3 is 0 Å². The molecule has 6 atom stereocenters. The Bertz CT molecular complexity index is 510. The third kappa shape index (κ3) is 6.09. The van der Waals surface area contributed by atoms with Crippen molar-refractivity contribution >= 4 is 0 Å². The van der Waals surface area contributed by atoms with Gasteiger partial charge in [0.05, 0.1) is 12.2 Å². The Labute approximate surface area is 197 Å². The van der Waals surface area contributed by atoms with Gasteiger partial charge in [-0.15, -0.1) is 0 Å². The fraction of sp³-hybridized carbons (Fsp3) is 1.00. The zero-order valence-corrected chi connectivity index (χ0v) is 20.7. The largest absolute Gasteiger partial charge is 0.360 e. The number of hydrogen-bond acceptors (Lipinski definition) is 4. The highest BCUT2D eigenvalue weighted by atomic mass is 16.5. The molecule has 0 spiro atoms. The maximum absolute atomic E-state index is 6.74. The minimum absolute atomic E-state index is 0.440. The van der Waals surface area contributed by atoms with Gasteiger partial charge in [-0.3, -0.25) is 9.80 Å². The SMILES string of the molecule is C1CCC[C@H]2CCCN3CC[C@H](CCCCCC[C@@H]4CCCN5CC[C@@H](CC1)O[C@H]45)O[C@H]23. The summed E-state index contributed by atoms with van der Waals surface area (Å²) in [5.74, 6) is 1.57. The minimum Gasteiger partial charge on any atom is -0.360 e. The van der Waals surface area contributed by atoms with E-state index < -0.39 is 0 Å². The topological polar surface area (TPSA) is 24.9 Å². The number of hydrogen-bond donors (Lipinski definition) is 0. The number of nitrogens with zero attached hydrogens (tertiary/aromatic N) is 2. The predicted molar refractivity (Wildman–Crippen MR) is 131 cm³/mol. The molecular weight excluding hydrogens is 396 g/mol. The van der Waals surface area contributed by atoms with Gasteiger partial charge in [-0.05, 0) is 76.0 Å². The van der Waals surface area contributed by atoms with Crippen LogP contribution in [0.5, 0.6) is 0 Å². The zero-order chi connectivity index (χ0) is 21.6. The highest BCUT2D eigenvalue weighted by Crippen LogP contribution is 2.36. The quantitative estimate of drug-likeness (QED) is 0.434. The standard InChI is InChI=1S/C28H50N2O2/c1-3-7-15-25-17-21-30-20-10-14-24(28(30)31-25)12-6-2-4-8-16-26-18-22-29-19-9-13-23(11-5-1)27(29)32-26/h23-28H,1-22H2/t23-,24+,25+,26-,27-,28-/m1/s1. The van der Waals surface area contributed by atoms with Gasteiger partial charge in [0, 0.05) is 26.2 Å². The average Bonchev–Trinajstić information content (AvgIpc) is 2.83. The van der Waals surface area contributed by atoms with Crippen molar-refractivity contribution in [3.05, 3.63) is 0 Å². The molecule has 5 aliphatic rings. The van der Waals surface area contributed by atoms with Crippen LogP contribution in [0.1, 0.15) is 116 Å². The fourth-order valence-electron chi connectivity index (χ4n) is 7.53. The van der Waals surface area contributed by atoms with Crippen molar-refractivity contribution in [2.45, 2.75) is 140 Å². The normalized spacial score (nSPS) is 41.6. The van der Waals surface area contributed by atoms with Crippen LogP contribution >= 0.6 is 0 Å². The van der Waals surface area contributed by atoms with Crippen LogP contribution in [0.4, 0.5) is 0 Å². The van der Waals surface area contributed by atoms with Gasteiger partial charge in [-0.25, -0.2) is 0 Å². The van der Waals surface area contributed by atoms with E-state index in [1.165, 1.54) is 142 Å². The molecule has 0 aromatic carbocycles. The summed E-state index contributed by atoms with van der Waals surface area (Å²) < 4.78 is 13.5. The lowest BCUT2D eigenvalue weighted by Gasteiger charge is -2.47. The van der Waals surface area contributed by atoms with Gasteiger partial charge in [-0.2, -0.15) is 0 Å². The van der Waals surface area contributed by atoms with Crippen molar-refractivity contribution in [2.24, 2.45) is 11.8 Å². The summed E-state index contributed by atoms with van der Waals surface area (Å²) >= 11 is 0. The summed E-state index contributed by atoms with van der Waals surface area (Å²) in [6.45, 7) is 5.11. The first-order valence-electron chi connectivity index (χ1n) is 14.7. The Balaban J connectivity index is 1.16. The van der Waals surface area contributed by atoms with Crippen LogP contribution in [0.25, 0.3) is 0 Å². The molecule has 184 valence electrons. The van der Waals surface area contributed by atoms with Crippen LogP contribution in [0.2, 0.25) is 0 Å². The second-order valence-electron chi connectivity index (χ2n) is 11.7. The molecule has 0 unspecified atom stereocenters. The molecule has 0 aliphatic carbocycles. The molecule has 0 aromatic rings. The van der Waals surface area contributed by atoms with E-state index in [1.807, 2.05) is 0 Å². The Hall–Kier alpha value is -0.160. The Kier molecular flexibility index (Phi) is 8.84. The van der Waals surface area contributed by atoms with Gasteiger partial charge in [-0.1, -0.05) is 51.4 Å². The molecule has 0 N–H and O–H groups in total. The summed E-state index contributed by atoms with van der Waals surface area (Å²) in [6, 6.07) is 0. The lowest BCUT2D eigenvalue weighted by Crippen LogP contribution is -2.53. The third-order valence-electron chi connectivity index (χ3n) is 9.41. The Morgan fingerprint density at radius 1 is 0.375 bits per heavy atom. The molecule has 0 saturated carbocycles. The minimum atomic E-state index is 0.440. The van der Waals surface area contributed by atoms with Crippen molar-refractivity contribution in [3.8, 4) is 0 Å². The molecule has 5 aliphatic heterocycles. The third-order valence-corrected chi connectivity index (χ3v) is 9.41. The lowest BCUT2D eigenvalue weighted by molar-refractivity contribution is -0.183. The lowest BCUT2D eigenvalue weighted by atomic mass is 9.87. The first-order valence-corrected chi connectivity index (χ1v) is 14.7. The molecule has 5 saturated heterocycles. The molecule has 0 radical (unpaired) electrons. The Morgan fingerprint density at radius 3 is 1.25 bits per heavy atom. The van der Waals surface area contributed by atoms with Crippen molar-refractivity contribution in [2.75, 3.05) is 26.2 Å². The predicted octanol–water partition coefficient (Wildman–Crippen LogP) is 6.34. The van der Waals surface area contributed by atoms with Gasteiger partial charge < -0.3 is 9.47 Å². The summed E-state index contributed by atoms with van der Waals surface area (Å²) in [7, 11) is 0. The number of ether oxygens (including phenoxy) is 2. The molecule has 4 nitrogen and oxygen atoms in total. The van der Waals surface area contributed by atoms with Crippen LogP contribution in [0.3, 0.4) is 0 Å². The zero-order valence-electron chi connectivity index (χ0n) is 20.7. The molecule has 5 heterocycles. The number of piperidine rings is 2. The summed E-state index contributed by atoms with van der Waals surface area (Å²) in [6.07, 6.45) is 26.5. The molecule has 4 heteroatoms. The van der Waals surface area contributed by atoms with Crippen molar-refractivity contribution in [1.82, 2.24) is 9.80 Å². The van der Waals surface area contributed by atoms with E-state index in [2.05, 4.69) is 9.80 Å². The number of rotatable bonds is 0. The highest BCUT2D eigenvalue weighted by molar-refractivity contribution is 4.85. The van der Waals surface area contributed by atoms with Gasteiger partial charge in [0.15, 0.2) is 0 Å². The summed E-state index contributed by atoms with van der Waals surface area (Å²) in [5, 5.41) is 0. The van der Waals surface area contributed by atoms with Crippen molar-refractivity contribution in [1.29, 1.82) is 0 Å². The highest BCUT2D eigenvalue weighted by Gasteiger charge is 2.38. The second-order valence-corrected chi connectivity index (χ2v) is 11.7. The van der Waals surface area contributed by atoms with Crippen LogP contribution in [0, 0.1) is 11.8 Å². The van der Waals surface area contributed by atoms with Crippen LogP contribution in [0.15, 0.2) is 0 Å². The average molecular weight is 447 g/mol. The van der Waals surface area contributed by atoms with Crippen molar-refractivity contribution in [3.63, 3.8) is 0 Å². The van der Waals surface area contributed by atoms with E-state index in [-0.39, 0.29) is 0 Å². The first-order chi connectivity index (χ1) is 15.9. The molecule has 4 bridgehead atoms. The first kappa shape index (κ1) is 23.6. The van der Waals surface area contributed by atoms with Gasteiger partial charge in [0.1, 0.15) is 12.5 Å². The van der Waals surface area contributed by atoms with Gasteiger partial charge in [0.25, 0.3) is 0 Å². The monoisotopic (exact) mass is 446 g/mol. The molecule has 5 fully saturated rings. The van der Waals surface area contributed by atoms with E-state index in [9.17, 15) is 0 Å². The Morgan fingerprint density at radius 2 is 0.781 bits per heavy atom. The molecule has 0 amide bonds. The summed E-state index contributed by atoms with van der Waals surface area (Å²) in [5.41, 5.74) is 0. The molecule has 32 heavy (non-hydrogen) atoms. The maximum atomic E-state index is 6.74. The van der Waals surface area contributed by atoms with E-state index in [0.717, 1.165) is 11.8 Å². The van der Waals surface area contributed by atoms with Crippen molar-refractivity contribution < 1.29 is 9.47 Å². The van der Waals surface area contributed by atoms with Crippen LogP contribution < -0.4 is 0 Å². The van der Waals surface area contributed by atoms with Crippen LogP contribution in [-0.2, 0) is 9.47 Å². The van der Waals surface area contributed by atoms with Gasteiger partial charge in [0.2, 0.25) is 0 Å². The van der Waals surface area contributed by atoms with E-state index in [1.54, 1.807) is 0 Å². The smallest absolute Gasteiger partial charge is 0.113 e. The maximum Gasteiger partial charge on any atom is 0.113 e. The summed E-state index contributed by atoms with van der Waals surface area (Å²) in [4.78, 5) is 5.36. The molecular formula is C28H50N2O2. The van der Waals surface area contributed by atoms with Crippen LogP contribution in [-0.4, -0.2) is 60.6 Å². The second kappa shape index (κ2) is 12.0. The number of fused-ring (bicyclic) bond motifs is 2. The van der Waals surface area contributed by atoms with E-state index >= 15 is 0 Å².